The van der Waals surface area contributed by atoms with E-state index in [1.165, 1.54) is 0 Å². The van der Waals surface area contributed by atoms with Gasteiger partial charge in [-0.05, 0) is 24.6 Å². The zero-order valence-electron chi connectivity index (χ0n) is 11.0. The average molecular weight is 280 g/mol. The molecule has 4 heteroatoms. The number of benzene rings is 1. The van der Waals surface area contributed by atoms with Crippen LogP contribution in [0.5, 0.6) is 0 Å². The van der Waals surface area contributed by atoms with E-state index in [1.807, 2.05) is 0 Å². The third-order valence-corrected chi connectivity index (χ3v) is 2.91. The smallest absolute Gasteiger partial charge is 0.251 e. The quantitative estimate of drug-likeness (QED) is 0.643. The van der Waals surface area contributed by atoms with Crippen molar-refractivity contribution in [3.05, 3.63) is 34.3 Å². The first kappa shape index (κ1) is 15.6. The molecule has 0 aliphatic rings. The molecule has 0 spiro atoms. The highest BCUT2D eigenvalue weighted by Gasteiger charge is 2.07. The van der Waals surface area contributed by atoms with Crippen molar-refractivity contribution in [1.29, 1.82) is 0 Å². The molecule has 0 fully saturated rings. The summed E-state index contributed by atoms with van der Waals surface area (Å²) in [6, 6.07) is 4.96. The first-order valence-electron chi connectivity index (χ1n) is 6.36. The molecular formula is C15H18ClNO2. The summed E-state index contributed by atoms with van der Waals surface area (Å²) in [4.78, 5) is 11.8. The van der Waals surface area contributed by atoms with Crippen LogP contribution in [0.1, 0.15) is 42.1 Å². The van der Waals surface area contributed by atoms with Crippen molar-refractivity contribution in [2.75, 3.05) is 13.2 Å². The summed E-state index contributed by atoms with van der Waals surface area (Å²) in [5.74, 6) is 5.12. The second kappa shape index (κ2) is 8.58. The summed E-state index contributed by atoms with van der Waals surface area (Å²) < 4.78 is 0. The maximum Gasteiger partial charge on any atom is 0.251 e. The van der Waals surface area contributed by atoms with Gasteiger partial charge in [0.25, 0.3) is 5.91 Å². The first-order valence-corrected chi connectivity index (χ1v) is 6.74. The highest BCUT2D eigenvalue weighted by atomic mass is 35.5. The monoisotopic (exact) mass is 279 g/mol. The van der Waals surface area contributed by atoms with Crippen LogP contribution in [-0.4, -0.2) is 24.2 Å². The largest absolute Gasteiger partial charge is 0.384 e. The fraction of sp³-hybridized carbons (Fsp3) is 0.400. The number of hydrogen-bond acceptors (Lipinski definition) is 2. The zero-order valence-corrected chi connectivity index (χ0v) is 11.8. The third-order valence-electron chi connectivity index (χ3n) is 2.60. The summed E-state index contributed by atoms with van der Waals surface area (Å²) in [7, 11) is 0. The van der Waals surface area contributed by atoms with Crippen LogP contribution in [0, 0.1) is 11.8 Å². The molecule has 0 radical (unpaired) electrons. The molecule has 1 rings (SSSR count). The minimum absolute atomic E-state index is 0.125. The summed E-state index contributed by atoms with van der Waals surface area (Å²) in [5.41, 5.74) is 1.13. The lowest BCUT2D eigenvalue weighted by Crippen LogP contribution is -2.24. The maximum atomic E-state index is 11.8. The number of carbonyl (C=O) groups is 1. The lowest BCUT2D eigenvalue weighted by molar-refractivity contribution is 0.0953. The van der Waals surface area contributed by atoms with Crippen LogP contribution in [0.15, 0.2) is 18.2 Å². The minimum atomic E-state index is -0.212. The molecular weight excluding hydrogens is 262 g/mol. The van der Waals surface area contributed by atoms with Gasteiger partial charge in [-0.2, -0.15) is 0 Å². The number of halogens is 1. The second-order valence-corrected chi connectivity index (χ2v) is 4.52. The minimum Gasteiger partial charge on any atom is -0.384 e. The Morgan fingerprint density at radius 2 is 2.21 bits per heavy atom. The highest BCUT2D eigenvalue weighted by Crippen LogP contribution is 2.17. The number of amides is 1. The van der Waals surface area contributed by atoms with Gasteiger partial charge >= 0.3 is 0 Å². The van der Waals surface area contributed by atoms with Gasteiger partial charge < -0.3 is 10.4 Å². The Morgan fingerprint density at radius 1 is 1.42 bits per heavy atom. The molecule has 2 N–H and O–H groups in total. The number of nitrogens with one attached hydrogen (secondary N) is 1. The lowest BCUT2D eigenvalue weighted by atomic mass is 10.1. The van der Waals surface area contributed by atoms with Gasteiger partial charge in [0.1, 0.15) is 6.61 Å². The van der Waals surface area contributed by atoms with E-state index in [0.29, 0.717) is 22.7 Å². The van der Waals surface area contributed by atoms with E-state index < -0.39 is 0 Å². The van der Waals surface area contributed by atoms with Gasteiger partial charge in [0.2, 0.25) is 0 Å². The van der Waals surface area contributed by atoms with E-state index in [0.717, 1.165) is 19.3 Å². The van der Waals surface area contributed by atoms with Crippen molar-refractivity contribution in [2.24, 2.45) is 0 Å². The van der Waals surface area contributed by atoms with Crippen molar-refractivity contribution in [3.63, 3.8) is 0 Å². The van der Waals surface area contributed by atoms with Crippen molar-refractivity contribution in [1.82, 2.24) is 5.32 Å². The van der Waals surface area contributed by atoms with Gasteiger partial charge in [0.15, 0.2) is 0 Å². The van der Waals surface area contributed by atoms with Gasteiger partial charge in [-0.15, -0.1) is 0 Å². The van der Waals surface area contributed by atoms with E-state index in [-0.39, 0.29) is 12.5 Å². The molecule has 1 aromatic carbocycles. The van der Waals surface area contributed by atoms with Crippen LogP contribution in [0.4, 0.5) is 0 Å². The van der Waals surface area contributed by atoms with E-state index in [9.17, 15) is 4.79 Å². The Balaban J connectivity index is 2.64. The molecule has 0 aliphatic heterocycles. The van der Waals surface area contributed by atoms with Gasteiger partial charge in [-0.25, -0.2) is 0 Å². The van der Waals surface area contributed by atoms with Gasteiger partial charge in [-0.3, -0.25) is 4.79 Å². The molecule has 0 heterocycles. The number of hydrogen-bond donors (Lipinski definition) is 2. The molecule has 0 bridgehead atoms. The summed E-state index contributed by atoms with van der Waals surface area (Å²) >= 11 is 6.03. The predicted octanol–water partition coefficient (Wildman–Crippen LogP) is 2.60. The highest BCUT2D eigenvalue weighted by molar-refractivity contribution is 6.32. The Hall–Kier alpha value is -1.50. The Kier molecular flexibility index (Phi) is 7.02. The lowest BCUT2D eigenvalue weighted by Gasteiger charge is -2.05. The maximum absolute atomic E-state index is 11.8. The molecule has 0 atom stereocenters. The van der Waals surface area contributed by atoms with E-state index in [2.05, 4.69) is 24.1 Å². The number of aliphatic hydroxyl groups excluding tert-OH is 1. The summed E-state index contributed by atoms with van der Waals surface area (Å²) in [6.45, 7) is 2.58. The number of aliphatic hydroxyl groups is 1. The molecule has 1 amide bonds. The first-order chi connectivity index (χ1) is 9.19. The SMILES string of the molecule is CCCCCNC(=O)c1ccc(C#CCO)c(Cl)c1. The van der Waals surface area contributed by atoms with Gasteiger partial charge in [0.05, 0.1) is 5.02 Å². The molecule has 19 heavy (non-hydrogen) atoms. The van der Waals surface area contributed by atoms with Crippen LogP contribution in [0.2, 0.25) is 5.02 Å². The number of carbonyl (C=O) groups excluding carboxylic acids is 1. The zero-order chi connectivity index (χ0) is 14.1. The second-order valence-electron chi connectivity index (χ2n) is 4.12. The molecule has 0 unspecified atom stereocenters. The van der Waals surface area contributed by atoms with E-state index >= 15 is 0 Å². The molecule has 0 saturated heterocycles. The van der Waals surface area contributed by atoms with Crippen molar-refractivity contribution < 1.29 is 9.90 Å². The van der Waals surface area contributed by atoms with Crippen LogP contribution < -0.4 is 5.32 Å². The fourth-order valence-corrected chi connectivity index (χ4v) is 1.80. The third kappa shape index (κ3) is 5.34. The standard InChI is InChI=1S/C15H18ClNO2/c1-2-3-4-9-17-15(19)13-8-7-12(6-5-10-18)14(16)11-13/h7-8,11,18H,2-4,9-10H2,1H3,(H,17,19). The van der Waals surface area contributed by atoms with Gasteiger partial charge in [0, 0.05) is 17.7 Å². The number of unbranched alkanes of at least 4 members (excludes halogenated alkanes) is 2. The topological polar surface area (TPSA) is 49.3 Å². The normalized spacial score (nSPS) is 9.63. The summed E-state index contributed by atoms with van der Waals surface area (Å²) in [6.07, 6.45) is 3.21. The van der Waals surface area contributed by atoms with E-state index in [4.69, 9.17) is 16.7 Å². The molecule has 102 valence electrons. The average Bonchev–Trinajstić information content (AvgIpc) is 2.42. The van der Waals surface area contributed by atoms with Crippen LogP contribution in [0.25, 0.3) is 0 Å². The van der Waals surface area contributed by atoms with E-state index in [1.54, 1.807) is 18.2 Å². The summed E-state index contributed by atoms with van der Waals surface area (Å²) in [5, 5.41) is 11.9. The molecule has 1 aromatic rings. The fourth-order valence-electron chi connectivity index (χ4n) is 1.57. The van der Waals surface area contributed by atoms with Crippen molar-refractivity contribution in [3.8, 4) is 11.8 Å². The molecule has 0 aliphatic carbocycles. The predicted molar refractivity (Wildman–Crippen MR) is 77.3 cm³/mol. The Morgan fingerprint density at radius 3 is 2.84 bits per heavy atom. The van der Waals surface area contributed by atoms with Crippen molar-refractivity contribution in [2.45, 2.75) is 26.2 Å². The Labute approximate surface area is 119 Å². The van der Waals surface area contributed by atoms with Crippen LogP contribution in [-0.2, 0) is 0 Å². The number of rotatable bonds is 5. The van der Waals surface area contributed by atoms with Crippen molar-refractivity contribution >= 4 is 17.5 Å². The van der Waals surface area contributed by atoms with Gasteiger partial charge in [-0.1, -0.05) is 43.2 Å². The van der Waals surface area contributed by atoms with Crippen LogP contribution >= 0.6 is 11.6 Å². The van der Waals surface area contributed by atoms with Crippen LogP contribution in [0.3, 0.4) is 0 Å². The Bertz CT molecular complexity index is 489. The molecule has 0 aromatic heterocycles. The molecule has 0 saturated carbocycles. The molecule has 3 nitrogen and oxygen atoms in total.